The lowest BCUT2D eigenvalue weighted by atomic mass is 10.2. The molecule has 2 N–H and O–H groups in total. The lowest BCUT2D eigenvalue weighted by Crippen LogP contribution is -2.36. The molecular formula is C5H10N2OS. The monoisotopic (exact) mass is 146 g/mol. The first kappa shape index (κ1) is 6.89. The number of carbonyl (C=O) groups is 1. The second-order valence-electron chi connectivity index (χ2n) is 1.92. The van der Waals surface area contributed by atoms with Crippen molar-refractivity contribution in [3.8, 4) is 0 Å². The van der Waals surface area contributed by atoms with Gasteiger partial charge in [-0.05, 0) is 6.42 Å². The zero-order valence-electron chi connectivity index (χ0n) is 5.31. The Labute approximate surface area is 58.7 Å². The molecular weight excluding hydrogens is 136 g/mol. The normalized spacial score (nSPS) is 26.1. The Morgan fingerprint density at radius 3 is 3.11 bits per heavy atom. The molecule has 1 aliphatic rings. The first-order valence-corrected chi connectivity index (χ1v) is 3.92. The summed E-state index contributed by atoms with van der Waals surface area (Å²) in [4.78, 5) is 10.8. The molecule has 1 fully saturated rings. The fraction of sp³-hybridized carbons (Fsp3) is 0.800. The fourth-order valence-electron chi connectivity index (χ4n) is 0.754. The SMILES string of the molecule is CNC(=O)C1CCSN1. The van der Waals surface area contributed by atoms with Gasteiger partial charge in [0.2, 0.25) is 5.91 Å². The summed E-state index contributed by atoms with van der Waals surface area (Å²) in [6, 6.07) is 0.0417. The van der Waals surface area contributed by atoms with Crippen LogP contribution in [-0.2, 0) is 4.79 Å². The Hall–Kier alpha value is -0.220. The minimum Gasteiger partial charge on any atom is -0.358 e. The molecule has 0 bridgehead atoms. The van der Waals surface area contributed by atoms with Crippen LogP contribution in [0.25, 0.3) is 0 Å². The van der Waals surface area contributed by atoms with Gasteiger partial charge < -0.3 is 5.32 Å². The first-order chi connectivity index (χ1) is 4.34. The van der Waals surface area contributed by atoms with Gasteiger partial charge in [0.05, 0.1) is 6.04 Å². The van der Waals surface area contributed by atoms with Crippen molar-refractivity contribution < 1.29 is 4.79 Å². The minimum absolute atomic E-state index is 0.0417. The molecule has 3 nitrogen and oxygen atoms in total. The van der Waals surface area contributed by atoms with E-state index in [4.69, 9.17) is 0 Å². The summed E-state index contributed by atoms with van der Waals surface area (Å²) in [5.41, 5.74) is 0. The van der Waals surface area contributed by atoms with Crippen molar-refractivity contribution in [1.82, 2.24) is 10.0 Å². The molecule has 1 amide bonds. The molecule has 52 valence electrons. The minimum atomic E-state index is 0.0417. The van der Waals surface area contributed by atoms with E-state index >= 15 is 0 Å². The van der Waals surface area contributed by atoms with Crippen LogP contribution in [0.1, 0.15) is 6.42 Å². The summed E-state index contributed by atoms with van der Waals surface area (Å²) < 4.78 is 3.01. The largest absolute Gasteiger partial charge is 0.358 e. The number of rotatable bonds is 1. The number of amides is 1. The predicted molar refractivity (Wildman–Crippen MR) is 38.1 cm³/mol. The number of nitrogens with one attached hydrogen (secondary N) is 2. The van der Waals surface area contributed by atoms with Crippen LogP contribution in [0, 0.1) is 0 Å². The number of carbonyl (C=O) groups excluding carboxylic acids is 1. The highest BCUT2D eigenvalue weighted by Gasteiger charge is 2.20. The van der Waals surface area contributed by atoms with Crippen LogP contribution in [0.3, 0.4) is 0 Å². The van der Waals surface area contributed by atoms with Gasteiger partial charge in [0.1, 0.15) is 0 Å². The van der Waals surface area contributed by atoms with Crippen LogP contribution in [-0.4, -0.2) is 24.7 Å². The summed E-state index contributed by atoms with van der Waals surface area (Å²) in [5, 5.41) is 2.59. The highest BCUT2D eigenvalue weighted by Crippen LogP contribution is 2.11. The molecule has 1 aliphatic heterocycles. The molecule has 0 radical (unpaired) electrons. The zero-order valence-corrected chi connectivity index (χ0v) is 6.12. The molecule has 4 heteroatoms. The molecule has 1 unspecified atom stereocenters. The maximum Gasteiger partial charge on any atom is 0.237 e. The van der Waals surface area contributed by atoms with Crippen LogP contribution in [0.2, 0.25) is 0 Å². The number of hydrogen-bond donors (Lipinski definition) is 2. The van der Waals surface area contributed by atoms with Gasteiger partial charge in [-0.3, -0.25) is 9.52 Å². The third-order valence-corrected chi connectivity index (χ3v) is 2.19. The van der Waals surface area contributed by atoms with Crippen molar-refractivity contribution >= 4 is 17.9 Å². The summed E-state index contributed by atoms with van der Waals surface area (Å²) in [5.74, 6) is 1.14. The van der Waals surface area contributed by atoms with Crippen LogP contribution >= 0.6 is 11.9 Å². The molecule has 1 atom stereocenters. The van der Waals surface area contributed by atoms with Gasteiger partial charge in [-0.15, -0.1) is 0 Å². The summed E-state index contributed by atoms with van der Waals surface area (Å²) in [6.07, 6.45) is 0.949. The molecule has 0 aliphatic carbocycles. The van der Waals surface area contributed by atoms with E-state index in [0.717, 1.165) is 12.2 Å². The van der Waals surface area contributed by atoms with Gasteiger partial charge in [-0.1, -0.05) is 11.9 Å². The lowest BCUT2D eigenvalue weighted by Gasteiger charge is -2.04. The third-order valence-electron chi connectivity index (χ3n) is 1.30. The van der Waals surface area contributed by atoms with Gasteiger partial charge >= 0.3 is 0 Å². The van der Waals surface area contributed by atoms with Gasteiger partial charge in [0.25, 0.3) is 0 Å². The first-order valence-electron chi connectivity index (χ1n) is 2.93. The quantitative estimate of drug-likeness (QED) is 0.501. The van der Waals surface area contributed by atoms with E-state index in [9.17, 15) is 4.79 Å². The van der Waals surface area contributed by atoms with E-state index in [1.807, 2.05) is 0 Å². The lowest BCUT2D eigenvalue weighted by molar-refractivity contribution is -0.122. The van der Waals surface area contributed by atoms with Crippen molar-refractivity contribution in [1.29, 1.82) is 0 Å². The van der Waals surface area contributed by atoms with E-state index < -0.39 is 0 Å². The smallest absolute Gasteiger partial charge is 0.237 e. The topological polar surface area (TPSA) is 41.1 Å². The maximum atomic E-state index is 10.8. The average Bonchev–Trinajstić information content (AvgIpc) is 2.37. The van der Waals surface area contributed by atoms with E-state index in [1.165, 1.54) is 0 Å². The number of hydrogen-bond acceptors (Lipinski definition) is 3. The average molecular weight is 146 g/mol. The molecule has 9 heavy (non-hydrogen) atoms. The predicted octanol–water partition coefficient (Wildman–Crippen LogP) is -0.258. The molecule has 1 rings (SSSR count). The van der Waals surface area contributed by atoms with Crippen molar-refractivity contribution in [2.24, 2.45) is 0 Å². The van der Waals surface area contributed by atoms with E-state index in [1.54, 1.807) is 19.0 Å². The Bertz CT molecular complexity index is 112. The van der Waals surface area contributed by atoms with Crippen LogP contribution < -0.4 is 10.0 Å². The molecule has 1 saturated heterocycles. The summed E-state index contributed by atoms with van der Waals surface area (Å²) in [7, 11) is 1.66. The molecule has 0 spiro atoms. The standard InChI is InChI=1S/C5H10N2OS/c1-6-5(8)4-2-3-9-7-4/h4,7H,2-3H2,1H3,(H,6,8). The van der Waals surface area contributed by atoms with E-state index in [0.29, 0.717) is 0 Å². The molecule has 0 aromatic rings. The fourth-order valence-corrected chi connectivity index (χ4v) is 1.65. The van der Waals surface area contributed by atoms with Gasteiger partial charge in [-0.2, -0.15) is 0 Å². The highest BCUT2D eigenvalue weighted by molar-refractivity contribution is 7.97. The Morgan fingerprint density at radius 2 is 2.67 bits per heavy atom. The second-order valence-corrected chi connectivity index (χ2v) is 2.85. The van der Waals surface area contributed by atoms with Gasteiger partial charge in [0, 0.05) is 12.8 Å². The van der Waals surface area contributed by atoms with Crippen molar-refractivity contribution in [3.63, 3.8) is 0 Å². The molecule has 1 heterocycles. The Balaban J connectivity index is 2.32. The van der Waals surface area contributed by atoms with Crippen molar-refractivity contribution in [2.75, 3.05) is 12.8 Å². The van der Waals surface area contributed by atoms with Gasteiger partial charge in [0.15, 0.2) is 0 Å². The second kappa shape index (κ2) is 3.08. The summed E-state index contributed by atoms with van der Waals surface area (Å²) in [6.45, 7) is 0. The van der Waals surface area contributed by atoms with Gasteiger partial charge in [-0.25, -0.2) is 0 Å². The summed E-state index contributed by atoms with van der Waals surface area (Å²) >= 11 is 1.62. The van der Waals surface area contributed by atoms with Crippen molar-refractivity contribution in [3.05, 3.63) is 0 Å². The third kappa shape index (κ3) is 1.59. The molecule has 0 saturated carbocycles. The van der Waals surface area contributed by atoms with Crippen LogP contribution in [0.5, 0.6) is 0 Å². The van der Waals surface area contributed by atoms with Crippen molar-refractivity contribution in [2.45, 2.75) is 12.5 Å². The van der Waals surface area contributed by atoms with E-state index in [2.05, 4.69) is 10.0 Å². The van der Waals surface area contributed by atoms with Crippen LogP contribution in [0.15, 0.2) is 0 Å². The number of likely N-dealkylation sites (N-methyl/N-ethyl adjacent to an activating group) is 1. The van der Waals surface area contributed by atoms with Crippen LogP contribution in [0.4, 0.5) is 0 Å². The Morgan fingerprint density at radius 1 is 1.89 bits per heavy atom. The van der Waals surface area contributed by atoms with E-state index in [-0.39, 0.29) is 11.9 Å². The zero-order chi connectivity index (χ0) is 6.69. The molecule has 0 aromatic heterocycles. The molecule has 0 aromatic carbocycles. The highest BCUT2D eigenvalue weighted by atomic mass is 32.2. The maximum absolute atomic E-state index is 10.8. The Kier molecular flexibility index (Phi) is 2.36.